The van der Waals surface area contributed by atoms with E-state index in [1.807, 2.05) is 0 Å². The summed E-state index contributed by atoms with van der Waals surface area (Å²) >= 11 is -12.2. The van der Waals surface area contributed by atoms with Gasteiger partial charge in [-0.15, -0.1) is 0 Å². The van der Waals surface area contributed by atoms with Crippen molar-refractivity contribution in [3.8, 4) is 0 Å². The summed E-state index contributed by atoms with van der Waals surface area (Å²) in [5, 5.41) is 0. The van der Waals surface area contributed by atoms with Gasteiger partial charge in [0.05, 0.1) is 0 Å². The van der Waals surface area contributed by atoms with E-state index >= 15 is 0 Å². The van der Waals surface area contributed by atoms with E-state index in [0.717, 1.165) is 0 Å². The molecule has 0 rings (SSSR count). The zero-order chi connectivity index (χ0) is 10.7. The van der Waals surface area contributed by atoms with Gasteiger partial charge in [-0.2, -0.15) is 0 Å². The van der Waals surface area contributed by atoms with E-state index < -0.39 is 55.8 Å². The van der Waals surface area contributed by atoms with Crippen LogP contribution in [0.1, 0.15) is 0 Å². The maximum atomic E-state index is 8.58. The summed E-state index contributed by atoms with van der Waals surface area (Å²) in [6.07, 6.45) is 0. The van der Waals surface area contributed by atoms with Crippen molar-refractivity contribution >= 4 is 0 Å². The van der Waals surface area contributed by atoms with Crippen LogP contribution in [0.25, 0.3) is 0 Å². The van der Waals surface area contributed by atoms with Gasteiger partial charge in [-0.25, -0.2) is 0 Å². The zero-order valence-electron chi connectivity index (χ0n) is 5.88. The van der Waals surface area contributed by atoms with Crippen LogP contribution in [0.4, 0.5) is 0 Å². The first kappa shape index (κ1) is 30.8. The molecule has 0 fully saturated rings. The molecule has 2 radical (unpaired) electrons. The summed E-state index contributed by atoms with van der Waals surface area (Å²) in [5.74, 6) is 0. The van der Waals surface area contributed by atoms with E-state index in [1.54, 1.807) is 0 Å². The average Bonchev–Trinajstić information content (AvgIpc) is 1.54. The Balaban J connectivity index is -0.0000000270. The molecule has 0 unspecified atom stereocenters. The Bertz CT molecular complexity index is 116. The maximum absolute atomic E-state index is 8.58. The summed E-state index contributed by atoms with van der Waals surface area (Å²) in [4.78, 5) is 0. The molecule has 0 amide bonds. The van der Waals surface area contributed by atoms with Gasteiger partial charge in [0.15, 0.2) is 0 Å². The molecule has 0 aliphatic heterocycles. The SMILES string of the molecule is [Gd+3].[Gd+3].[O]=[Ti]([O-])[O-].[O]=[Ti]([O-])[O-].[O]=[Ti]([O-])[O-]. The van der Waals surface area contributed by atoms with Gasteiger partial charge in [-0.1, -0.05) is 0 Å². The van der Waals surface area contributed by atoms with Crippen molar-refractivity contribution in [3.05, 3.63) is 0 Å². The van der Waals surface area contributed by atoms with Crippen molar-refractivity contribution < 1.29 is 168 Å². The molecule has 0 aliphatic rings. The van der Waals surface area contributed by atoms with Gasteiger partial charge in [-0.05, 0) is 0 Å². The van der Waals surface area contributed by atoms with E-state index in [1.165, 1.54) is 0 Å². The van der Waals surface area contributed by atoms with Gasteiger partial charge in [0, 0.05) is 0 Å². The van der Waals surface area contributed by atoms with Crippen LogP contribution in [0.15, 0.2) is 0 Å². The number of hydrogen-bond acceptors (Lipinski definition) is 9. The first-order valence-electron chi connectivity index (χ1n) is 1.84. The van der Waals surface area contributed by atoms with Crippen LogP contribution >= 0.6 is 0 Å². The van der Waals surface area contributed by atoms with Gasteiger partial charge >= 0.3 is 168 Å². The van der Waals surface area contributed by atoms with E-state index in [9.17, 15) is 0 Å². The van der Waals surface area contributed by atoms with E-state index in [2.05, 4.69) is 0 Å². The quantitative estimate of drug-likeness (QED) is 0.243. The average molecular weight is 602 g/mol. The third-order valence-corrected chi connectivity index (χ3v) is 0. The van der Waals surface area contributed by atoms with E-state index in [0.29, 0.717) is 0 Å². The first-order chi connectivity index (χ1) is 5.20. The molecule has 0 aliphatic carbocycles. The summed E-state index contributed by atoms with van der Waals surface area (Å²) in [5.41, 5.74) is 0. The van der Waals surface area contributed by atoms with Crippen molar-refractivity contribution in [1.82, 2.24) is 0 Å². The van der Waals surface area contributed by atoms with Crippen LogP contribution in [-0.4, -0.2) is 0 Å². The molecule has 82 valence electrons. The topological polar surface area (TPSA) is 190 Å². The Labute approximate surface area is 164 Å². The van der Waals surface area contributed by atoms with Crippen LogP contribution in [0.5, 0.6) is 0 Å². The molecule has 0 atom stereocenters. The third-order valence-electron chi connectivity index (χ3n) is 0. The summed E-state index contributed by atoms with van der Waals surface area (Å²) in [6, 6.07) is 0. The molecule has 0 aromatic carbocycles. The second kappa shape index (κ2) is 25.7. The molecule has 0 saturated heterocycles. The van der Waals surface area contributed by atoms with Gasteiger partial charge in [0.2, 0.25) is 0 Å². The monoisotopic (exact) mass is 604 g/mol. The molecule has 0 bridgehead atoms. The van der Waals surface area contributed by atoms with Gasteiger partial charge in [-0.3, -0.25) is 0 Å². The molecule has 0 spiro atoms. The van der Waals surface area contributed by atoms with Crippen LogP contribution in [0.3, 0.4) is 0 Å². The molecule has 0 N–H and O–H groups in total. The Morgan fingerprint density at radius 3 is 0.500 bits per heavy atom. The summed E-state index contributed by atoms with van der Waals surface area (Å²) in [6.45, 7) is 0. The van der Waals surface area contributed by atoms with Crippen molar-refractivity contribution in [1.29, 1.82) is 0 Å². The fourth-order valence-corrected chi connectivity index (χ4v) is 0. The molecular formula is Gd2O9Ti3. The van der Waals surface area contributed by atoms with Crippen LogP contribution < -0.4 is 22.1 Å². The molecule has 0 aromatic heterocycles. The minimum atomic E-state index is -4.08. The molecule has 0 aromatic rings. The summed E-state index contributed by atoms with van der Waals surface area (Å²) < 4.78 is 77.2. The summed E-state index contributed by atoms with van der Waals surface area (Å²) in [7, 11) is 0. The standard InChI is InChI=1S/2Gd.9O.3Ti/q2*+3;;;;6*-1;;;. The van der Waals surface area contributed by atoms with Gasteiger partial charge < -0.3 is 0 Å². The van der Waals surface area contributed by atoms with E-state index in [-0.39, 0.29) is 79.9 Å². The zero-order valence-corrected chi connectivity index (χ0v) is 15.1. The van der Waals surface area contributed by atoms with Crippen molar-refractivity contribution in [2.45, 2.75) is 0 Å². The molecule has 0 saturated carbocycles. The molecule has 0 heterocycles. The Hall–Kier alpha value is 3.95. The van der Waals surface area contributed by atoms with Crippen molar-refractivity contribution in [3.63, 3.8) is 0 Å². The second-order valence-electron chi connectivity index (χ2n) is 0.750. The normalized spacial score (nSPS) is 5.57. The van der Waals surface area contributed by atoms with Gasteiger partial charge in [0.1, 0.15) is 0 Å². The van der Waals surface area contributed by atoms with Crippen LogP contribution in [0, 0.1) is 79.9 Å². The predicted molar refractivity (Wildman–Crippen MR) is 2.06 cm³/mol. The molecule has 14 heavy (non-hydrogen) atoms. The molecular weight excluding hydrogens is 602 g/mol. The fraction of sp³-hybridized carbons (Fsp3) is 0. The predicted octanol–water partition coefficient (Wildman–Crippen LogP) is -7.50. The Morgan fingerprint density at radius 1 is 0.500 bits per heavy atom. The van der Waals surface area contributed by atoms with E-state index in [4.69, 9.17) is 32.1 Å². The minimum absolute atomic E-state index is 0. The molecule has 14 heteroatoms. The first-order valence-corrected chi connectivity index (χ1v) is 7.57. The van der Waals surface area contributed by atoms with Crippen LogP contribution in [0.2, 0.25) is 0 Å². The Morgan fingerprint density at radius 2 is 0.500 bits per heavy atom. The second-order valence-corrected chi connectivity index (χ2v) is 3.09. The number of rotatable bonds is 0. The van der Waals surface area contributed by atoms with Gasteiger partial charge in [0.25, 0.3) is 0 Å². The Kier molecular flexibility index (Phi) is 56.5. The fourth-order valence-electron chi connectivity index (χ4n) is 0. The van der Waals surface area contributed by atoms with Crippen molar-refractivity contribution in [2.75, 3.05) is 0 Å². The molecule has 9 nitrogen and oxygen atoms in total. The third kappa shape index (κ3) is 228. The number of hydrogen-bond donors (Lipinski definition) is 0. The van der Waals surface area contributed by atoms with Crippen LogP contribution in [-0.2, 0) is 65.8 Å². The van der Waals surface area contributed by atoms with Crippen molar-refractivity contribution in [2.24, 2.45) is 0 Å².